The Morgan fingerprint density at radius 2 is 0.471 bits per heavy atom. The summed E-state index contributed by atoms with van der Waals surface area (Å²) < 4.78 is 0. The monoisotopic (exact) mass is 740 g/mol. The molecule has 20 nitrogen and oxygen atoms in total. The van der Waals surface area contributed by atoms with Crippen LogP contribution in [-0.4, -0.2) is 40.1 Å². The van der Waals surface area contributed by atoms with Gasteiger partial charge in [0.05, 0.1) is 44.3 Å². The van der Waals surface area contributed by atoms with E-state index in [0.717, 1.165) is 0 Å². The number of pyridine rings is 6. The van der Waals surface area contributed by atoms with Gasteiger partial charge in [-0.1, -0.05) is 0 Å². The molecule has 6 heterocycles. The molecule has 0 fully saturated rings. The van der Waals surface area contributed by atoms with Crippen molar-refractivity contribution >= 4 is 34.1 Å². The van der Waals surface area contributed by atoms with Crippen LogP contribution in [0, 0.1) is 30.6 Å². The molecule has 0 amide bonds. The smallest absolute Gasteiger partial charge is 0.397 e. The molecule has 0 saturated carbocycles. The number of nitrogen functional groups attached to an aromatic ring is 6. The average Bonchev–Trinajstić information content (AvgIpc) is 3.07. The van der Waals surface area contributed by atoms with Crippen molar-refractivity contribution in [3.8, 4) is 34.2 Å². The summed E-state index contributed by atoms with van der Waals surface area (Å²) in [5.74, 6) is 0. The Hall–Kier alpha value is -7.41. The Balaban J connectivity index is 0.000000343. The third-order valence-corrected chi connectivity index (χ3v) is 5.71. The fraction of sp³-hybridized carbons (Fsp3) is 0. The molecule has 6 rings (SSSR count). The summed E-state index contributed by atoms with van der Waals surface area (Å²) in [5.41, 5.74) is 41.8. The average molecular weight is 741 g/mol. The van der Waals surface area contributed by atoms with Crippen LogP contribution in [-0.2, 0) is 16.5 Å². The molecule has 0 aliphatic rings. The molecule has 6 aromatic rings. The van der Waals surface area contributed by atoms with Crippen LogP contribution >= 0.6 is 0 Å². The van der Waals surface area contributed by atoms with E-state index >= 15 is 0 Å². The van der Waals surface area contributed by atoms with Gasteiger partial charge in [0.1, 0.15) is 34.2 Å². The van der Waals surface area contributed by atoms with Crippen LogP contribution in [0.1, 0.15) is 0 Å². The number of rotatable bonds is 3. The molecule has 0 unspecified atom stereocenters. The fourth-order valence-electron chi connectivity index (χ4n) is 3.69. The van der Waals surface area contributed by atoms with Gasteiger partial charge in [0.25, 0.3) is 0 Å². The Morgan fingerprint density at radius 1 is 0.353 bits per heavy atom. The van der Waals surface area contributed by atoms with Gasteiger partial charge in [-0.05, 0) is 72.8 Å². The first-order chi connectivity index (χ1) is 23.8. The first-order valence-corrected chi connectivity index (χ1v) is 13.7. The van der Waals surface area contributed by atoms with E-state index in [2.05, 4.69) is 29.9 Å². The molecule has 0 radical (unpaired) electrons. The Bertz CT molecular complexity index is 1650. The molecule has 0 aliphatic carbocycles. The zero-order chi connectivity index (χ0) is 37.1. The molecule has 0 bridgehead atoms. The van der Waals surface area contributed by atoms with Crippen molar-refractivity contribution in [1.82, 2.24) is 29.9 Å². The van der Waals surface area contributed by atoms with Gasteiger partial charge in [-0.3, -0.25) is 29.9 Å². The molecule has 12 N–H and O–H groups in total. The van der Waals surface area contributed by atoms with Crippen LogP contribution in [0.15, 0.2) is 110 Å². The van der Waals surface area contributed by atoms with Gasteiger partial charge in [0, 0.05) is 37.2 Å². The van der Waals surface area contributed by atoms with Crippen LogP contribution in [0.5, 0.6) is 0 Å². The number of hydrogen-bond donors (Lipinski definition) is 6. The van der Waals surface area contributed by atoms with E-state index in [1.165, 1.54) is 0 Å². The zero-order valence-corrected chi connectivity index (χ0v) is 27.2. The van der Waals surface area contributed by atoms with Crippen molar-refractivity contribution in [2.24, 2.45) is 0 Å². The predicted molar refractivity (Wildman–Crippen MR) is 190 cm³/mol. The van der Waals surface area contributed by atoms with E-state index < -0.39 is 10.2 Å². The minimum absolute atomic E-state index is 0. The van der Waals surface area contributed by atoms with Gasteiger partial charge in [-0.15, -0.1) is 0 Å². The van der Waals surface area contributed by atoms with Crippen molar-refractivity contribution in [2.45, 2.75) is 0 Å². The standard InChI is InChI=1S/3C10H10N4.2NO3.Ni/c3*11-7-3-1-5-13-9(7)10-8(12)4-2-6-14-10;2*2-1(3)4;/h3*1-6H,11-12H2;;;/q;;;2*-1;+2. The molecule has 266 valence electrons. The third-order valence-electron chi connectivity index (χ3n) is 5.71. The van der Waals surface area contributed by atoms with Gasteiger partial charge >= 0.3 is 16.5 Å². The van der Waals surface area contributed by atoms with Crippen LogP contribution in [0.2, 0.25) is 0 Å². The second-order valence-electron chi connectivity index (χ2n) is 9.09. The molecular formula is C30H30N14NiO6. The SMILES string of the molecule is Nc1cccnc1-c1ncccc1N.Nc1cccnc1-c1ncccc1N.Nc1cccnc1-c1ncccc1N.O=[N+]([O-])[O-].O=[N+]([O-])[O-].[Ni+2]. The quantitative estimate of drug-likeness (QED) is 0.0858. The molecule has 0 atom stereocenters. The second kappa shape index (κ2) is 21.5. The van der Waals surface area contributed by atoms with Crippen molar-refractivity contribution in [1.29, 1.82) is 0 Å². The van der Waals surface area contributed by atoms with E-state index in [1.54, 1.807) is 110 Å². The van der Waals surface area contributed by atoms with Crippen LogP contribution in [0.3, 0.4) is 0 Å². The summed E-state index contributed by atoms with van der Waals surface area (Å²) in [6.45, 7) is 0. The van der Waals surface area contributed by atoms with E-state index in [-0.39, 0.29) is 16.5 Å². The Kier molecular flexibility index (Phi) is 17.5. The van der Waals surface area contributed by atoms with E-state index in [4.69, 9.17) is 65.0 Å². The predicted octanol–water partition coefficient (Wildman–Crippen LogP) is 3.44. The first kappa shape index (κ1) is 41.6. The number of nitrogens with zero attached hydrogens (tertiary/aromatic N) is 8. The largest absolute Gasteiger partial charge is 2.00 e. The second-order valence-corrected chi connectivity index (χ2v) is 9.09. The molecule has 0 aromatic carbocycles. The minimum Gasteiger partial charge on any atom is -0.397 e. The number of nitrogens with two attached hydrogens (primary N) is 6. The maximum Gasteiger partial charge on any atom is 2.00 e. The topological polar surface area (TPSA) is 366 Å². The summed E-state index contributed by atoms with van der Waals surface area (Å²) in [5, 5.41) is 29.5. The summed E-state index contributed by atoms with van der Waals surface area (Å²) in [7, 11) is 0. The molecular weight excluding hydrogens is 711 g/mol. The normalized spacial score (nSPS) is 9.18. The first-order valence-electron chi connectivity index (χ1n) is 13.7. The van der Waals surface area contributed by atoms with Crippen molar-refractivity contribution < 1.29 is 26.7 Å². The van der Waals surface area contributed by atoms with Crippen molar-refractivity contribution in [3.05, 3.63) is 141 Å². The van der Waals surface area contributed by atoms with Gasteiger partial charge in [0.15, 0.2) is 0 Å². The fourth-order valence-corrected chi connectivity index (χ4v) is 3.69. The molecule has 6 aromatic heterocycles. The number of aromatic nitrogens is 6. The van der Waals surface area contributed by atoms with E-state index in [1.807, 2.05) is 0 Å². The Morgan fingerprint density at radius 3 is 0.569 bits per heavy atom. The molecule has 21 heteroatoms. The van der Waals surface area contributed by atoms with Crippen LogP contribution < -0.4 is 34.4 Å². The molecule has 51 heavy (non-hydrogen) atoms. The molecule has 0 aliphatic heterocycles. The van der Waals surface area contributed by atoms with Gasteiger partial charge in [-0.2, -0.15) is 0 Å². The zero-order valence-electron chi connectivity index (χ0n) is 26.2. The third kappa shape index (κ3) is 14.1. The van der Waals surface area contributed by atoms with Gasteiger partial charge in [-0.25, -0.2) is 0 Å². The van der Waals surface area contributed by atoms with Gasteiger partial charge in [0.2, 0.25) is 0 Å². The van der Waals surface area contributed by atoms with Crippen molar-refractivity contribution in [2.75, 3.05) is 34.4 Å². The van der Waals surface area contributed by atoms with E-state index in [0.29, 0.717) is 68.3 Å². The van der Waals surface area contributed by atoms with Crippen LogP contribution in [0.25, 0.3) is 34.2 Å². The van der Waals surface area contributed by atoms with E-state index in [9.17, 15) is 0 Å². The molecule has 0 spiro atoms. The maximum absolute atomic E-state index is 8.25. The summed E-state index contributed by atoms with van der Waals surface area (Å²) >= 11 is 0. The number of hydrogen-bond acceptors (Lipinski definition) is 18. The minimum atomic E-state index is -1.75. The van der Waals surface area contributed by atoms with Crippen LogP contribution in [0.4, 0.5) is 34.1 Å². The maximum atomic E-state index is 8.25. The molecule has 0 saturated heterocycles. The summed E-state index contributed by atoms with van der Waals surface area (Å²) in [6, 6.07) is 21.3. The van der Waals surface area contributed by atoms with Crippen molar-refractivity contribution in [3.63, 3.8) is 0 Å². The van der Waals surface area contributed by atoms with Gasteiger partial charge < -0.3 is 65.0 Å². The Labute approximate surface area is 299 Å². The summed E-state index contributed by atoms with van der Waals surface area (Å²) in [6.07, 6.45) is 10.00. The summed E-state index contributed by atoms with van der Waals surface area (Å²) in [4.78, 5) is 41.4. The number of anilines is 6.